The van der Waals surface area contributed by atoms with Gasteiger partial charge in [0.05, 0.1) is 19.6 Å². The van der Waals surface area contributed by atoms with Gasteiger partial charge in [0.2, 0.25) is 0 Å². The zero-order chi connectivity index (χ0) is 18.4. The lowest BCUT2D eigenvalue weighted by atomic mass is 10.2. The van der Waals surface area contributed by atoms with Crippen LogP contribution in [0.3, 0.4) is 0 Å². The van der Waals surface area contributed by atoms with Crippen LogP contribution in [0, 0.1) is 7.43 Å². The van der Waals surface area contributed by atoms with E-state index in [1.807, 2.05) is 13.8 Å². The molecular weight excluding hydrogens is 348 g/mol. The molecule has 0 amide bonds. The minimum atomic E-state index is -4.97. The Balaban J connectivity index is 0. The predicted molar refractivity (Wildman–Crippen MR) is 94.7 cm³/mol. The number of hydrogen-bond donors (Lipinski definition) is 0. The van der Waals surface area contributed by atoms with E-state index >= 15 is 0 Å². The summed E-state index contributed by atoms with van der Waals surface area (Å²) < 4.78 is 43.3. The molecule has 0 saturated carbocycles. The van der Waals surface area contributed by atoms with Crippen molar-refractivity contribution in [2.75, 3.05) is 13.2 Å². The normalized spacial score (nSPS) is 12.1. The van der Waals surface area contributed by atoms with Crippen LogP contribution in [0.25, 0.3) is 0 Å². The molecule has 0 aliphatic rings. The van der Waals surface area contributed by atoms with E-state index in [1.54, 1.807) is 0 Å². The summed E-state index contributed by atoms with van der Waals surface area (Å²) in [5, 5.41) is -2.04. The van der Waals surface area contributed by atoms with Gasteiger partial charge in [0.25, 0.3) is 0 Å². The Hall–Kier alpha value is -1.28. The molecule has 0 rings (SSSR count). The van der Waals surface area contributed by atoms with E-state index < -0.39 is 33.7 Å². The third-order valence-electron chi connectivity index (χ3n) is 3.47. The quantitative estimate of drug-likeness (QED) is 0.197. The molecule has 1 atom stereocenters. The van der Waals surface area contributed by atoms with Gasteiger partial charge in [-0.25, -0.2) is 8.42 Å². The Labute approximate surface area is 152 Å². The first-order valence-corrected chi connectivity index (χ1v) is 10.1. The van der Waals surface area contributed by atoms with Crippen molar-refractivity contribution in [2.24, 2.45) is 0 Å². The second-order valence-electron chi connectivity index (χ2n) is 5.69. The summed E-state index contributed by atoms with van der Waals surface area (Å²) in [5.74, 6) is -2.05. The highest BCUT2D eigenvalue weighted by atomic mass is 32.2. The van der Waals surface area contributed by atoms with Crippen LogP contribution < -0.4 is 0 Å². The highest BCUT2D eigenvalue weighted by molar-refractivity contribution is 7.87. The van der Waals surface area contributed by atoms with Gasteiger partial charge in [0.1, 0.15) is 10.1 Å². The molecule has 0 spiro atoms. The monoisotopic (exact) mass is 380 g/mol. The fourth-order valence-electron chi connectivity index (χ4n) is 2.02. The number of ether oxygens (including phenoxy) is 2. The van der Waals surface area contributed by atoms with Crippen LogP contribution in [0.5, 0.6) is 0 Å². The molecule has 0 aliphatic heterocycles. The maximum Gasteiger partial charge on any atom is 0.323 e. The third kappa shape index (κ3) is 13.7. The summed E-state index contributed by atoms with van der Waals surface area (Å²) in [6.45, 7) is 4.26. The zero-order valence-electron chi connectivity index (χ0n) is 15.6. The van der Waals surface area contributed by atoms with E-state index in [2.05, 4.69) is 0 Å². The number of rotatable bonds is 14. The average Bonchev–Trinajstić information content (AvgIpc) is 2.51. The van der Waals surface area contributed by atoms with Crippen LogP contribution in [-0.2, 0) is 29.2 Å². The third-order valence-corrected chi connectivity index (χ3v) is 4.52. The fraction of sp³-hybridized carbons (Fsp3) is 0.824. The van der Waals surface area contributed by atoms with E-state index in [4.69, 9.17) is 9.47 Å². The lowest BCUT2D eigenvalue weighted by molar-refractivity contribution is -0.150. The number of unbranched alkanes of at least 4 members (excludes halogenated alkanes) is 6. The molecule has 0 aromatic rings. The topological polar surface area (TPSA) is 110 Å². The molecular formula is C17H32O7S. The molecule has 0 N–H and O–H groups in total. The zero-order valence-corrected chi connectivity index (χ0v) is 16.4. The Kier molecular flexibility index (Phi) is 15.6. The molecule has 0 aromatic carbocycles. The molecule has 0 heterocycles. The summed E-state index contributed by atoms with van der Waals surface area (Å²) in [5.41, 5.74) is 0. The van der Waals surface area contributed by atoms with Crippen LogP contribution in [0.4, 0.5) is 0 Å². The van der Waals surface area contributed by atoms with Crippen molar-refractivity contribution in [3.8, 4) is 0 Å². The lowest BCUT2D eigenvalue weighted by Crippen LogP contribution is -2.34. The van der Waals surface area contributed by atoms with Crippen molar-refractivity contribution in [1.29, 1.82) is 0 Å². The van der Waals surface area contributed by atoms with Crippen molar-refractivity contribution >= 4 is 22.1 Å². The molecule has 25 heavy (non-hydrogen) atoms. The molecule has 0 aliphatic carbocycles. The SMILES string of the molecule is CCCCCCOC(=O)CC(C(=O)OCCCCCC)S(=O)(=O)[O-].[CH3+]. The Bertz CT molecular complexity index is 460. The molecule has 8 heteroatoms. The number of carbonyl (C=O) groups excluding carboxylic acids is 2. The van der Waals surface area contributed by atoms with Crippen molar-refractivity contribution in [1.82, 2.24) is 0 Å². The first kappa shape index (κ1) is 26.0. The molecule has 1 unspecified atom stereocenters. The van der Waals surface area contributed by atoms with Crippen LogP contribution in [0.1, 0.15) is 71.6 Å². The Morgan fingerprint density at radius 2 is 1.36 bits per heavy atom. The molecule has 0 radical (unpaired) electrons. The number of hydrogen-bond acceptors (Lipinski definition) is 7. The summed E-state index contributed by atoms with van der Waals surface area (Å²) in [6, 6.07) is 0. The predicted octanol–water partition coefficient (Wildman–Crippen LogP) is 2.99. The van der Waals surface area contributed by atoms with Gasteiger partial charge in [0.15, 0.2) is 5.25 Å². The first-order chi connectivity index (χ1) is 11.3. The van der Waals surface area contributed by atoms with Gasteiger partial charge in [0, 0.05) is 7.43 Å². The second-order valence-corrected chi connectivity index (χ2v) is 7.25. The van der Waals surface area contributed by atoms with Crippen LogP contribution in [0.15, 0.2) is 0 Å². The largest absolute Gasteiger partial charge is 0.747 e. The average molecular weight is 381 g/mol. The van der Waals surface area contributed by atoms with Crippen molar-refractivity contribution in [3.63, 3.8) is 0 Å². The Morgan fingerprint density at radius 1 is 0.880 bits per heavy atom. The van der Waals surface area contributed by atoms with Gasteiger partial charge in [-0.1, -0.05) is 52.4 Å². The second kappa shape index (κ2) is 15.0. The fourth-order valence-corrected chi connectivity index (χ4v) is 2.67. The highest BCUT2D eigenvalue weighted by Gasteiger charge is 2.30. The molecule has 0 aromatic heterocycles. The molecule has 0 saturated heterocycles. The van der Waals surface area contributed by atoms with Crippen molar-refractivity contribution in [3.05, 3.63) is 7.43 Å². The highest BCUT2D eigenvalue weighted by Crippen LogP contribution is 2.10. The van der Waals surface area contributed by atoms with Gasteiger partial charge in [-0.05, 0) is 12.8 Å². The first-order valence-electron chi connectivity index (χ1n) is 8.59. The van der Waals surface area contributed by atoms with E-state index in [9.17, 15) is 22.6 Å². The van der Waals surface area contributed by atoms with Crippen molar-refractivity contribution < 1.29 is 32.0 Å². The Morgan fingerprint density at radius 3 is 1.80 bits per heavy atom. The van der Waals surface area contributed by atoms with Crippen LogP contribution in [0.2, 0.25) is 0 Å². The van der Waals surface area contributed by atoms with E-state index in [1.165, 1.54) is 0 Å². The van der Waals surface area contributed by atoms with Gasteiger partial charge in [-0.3, -0.25) is 9.59 Å². The maximum atomic E-state index is 11.8. The summed E-state index contributed by atoms with van der Waals surface area (Å²) in [6.07, 6.45) is 6.23. The lowest BCUT2D eigenvalue weighted by Gasteiger charge is -2.18. The summed E-state index contributed by atoms with van der Waals surface area (Å²) in [7, 11) is -4.97. The van der Waals surface area contributed by atoms with Crippen molar-refractivity contribution in [2.45, 2.75) is 76.9 Å². The maximum absolute atomic E-state index is 11.8. The number of esters is 2. The van der Waals surface area contributed by atoms with Gasteiger partial charge < -0.3 is 14.0 Å². The van der Waals surface area contributed by atoms with Crippen LogP contribution >= 0.6 is 0 Å². The molecule has 148 valence electrons. The summed E-state index contributed by atoms with van der Waals surface area (Å²) >= 11 is 0. The van der Waals surface area contributed by atoms with E-state index in [0.29, 0.717) is 12.8 Å². The standard InChI is InChI=1S/C16H30O7S.CH3/c1-3-5-7-9-11-22-15(17)13-14(24(19,20)21)16(18)23-12-10-8-6-4-2;/h14H,3-13H2,1-2H3,(H,19,20,21);1H3/q;+1/p-1. The van der Waals surface area contributed by atoms with Gasteiger partial charge >= 0.3 is 11.9 Å². The van der Waals surface area contributed by atoms with E-state index in [0.717, 1.165) is 38.5 Å². The van der Waals surface area contributed by atoms with Crippen LogP contribution in [-0.4, -0.2) is 43.4 Å². The van der Waals surface area contributed by atoms with E-state index in [-0.39, 0.29) is 20.6 Å². The van der Waals surface area contributed by atoms with Gasteiger partial charge in [-0.2, -0.15) is 0 Å². The minimum Gasteiger partial charge on any atom is -0.747 e. The minimum absolute atomic E-state index is 0. The molecule has 0 bridgehead atoms. The smallest absolute Gasteiger partial charge is 0.323 e. The number of carbonyl (C=O) groups is 2. The summed E-state index contributed by atoms with van der Waals surface area (Å²) in [4.78, 5) is 23.4. The van der Waals surface area contributed by atoms with Gasteiger partial charge in [-0.15, -0.1) is 0 Å². The molecule has 0 fully saturated rings. The molecule has 7 nitrogen and oxygen atoms in total.